The van der Waals surface area contributed by atoms with E-state index >= 15 is 0 Å². The molecular weight excluding hydrogens is 436 g/mol. The highest BCUT2D eigenvalue weighted by Crippen LogP contribution is 2.35. The van der Waals surface area contributed by atoms with Crippen LogP contribution >= 0.6 is 0 Å². The lowest BCUT2D eigenvalue weighted by Crippen LogP contribution is -2.14. The van der Waals surface area contributed by atoms with Crippen LogP contribution in [0.3, 0.4) is 0 Å². The van der Waals surface area contributed by atoms with Crippen LogP contribution in [0.2, 0.25) is 0 Å². The molecule has 0 bridgehead atoms. The Bertz CT molecular complexity index is 1390. The number of aromatic nitrogens is 2. The zero-order valence-electron chi connectivity index (χ0n) is 20.6. The Hall–Kier alpha value is -4.06. The maximum atomic E-state index is 12.5. The number of carbonyl (C=O) groups excluding carboxylic acids is 1. The van der Waals surface area contributed by atoms with Crippen LogP contribution in [-0.2, 0) is 18.4 Å². The summed E-state index contributed by atoms with van der Waals surface area (Å²) in [6.07, 6.45) is 0.817. The van der Waals surface area contributed by atoms with Gasteiger partial charge in [-0.1, -0.05) is 50.6 Å². The smallest absolute Gasteiger partial charge is 0.254 e. The largest absolute Gasteiger partial charge is 0.457 e. The Morgan fingerprint density at radius 1 is 1.00 bits per heavy atom. The molecule has 1 amide bonds. The van der Waals surface area contributed by atoms with Gasteiger partial charge in [-0.3, -0.25) is 4.79 Å². The molecule has 0 saturated heterocycles. The number of rotatable bonds is 4. The van der Waals surface area contributed by atoms with Crippen LogP contribution in [-0.4, -0.2) is 15.7 Å². The van der Waals surface area contributed by atoms with Crippen molar-refractivity contribution in [1.82, 2.24) is 9.78 Å². The van der Waals surface area contributed by atoms with Gasteiger partial charge in [0.05, 0.1) is 0 Å². The zero-order chi connectivity index (χ0) is 24.7. The van der Waals surface area contributed by atoms with Crippen molar-refractivity contribution in [3.8, 4) is 22.8 Å². The van der Waals surface area contributed by atoms with Crippen LogP contribution < -0.4 is 15.8 Å². The quantitative estimate of drug-likeness (QED) is 0.367. The minimum Gasteiger partial charge on any atom is -0.457 e. The van der Waals surface area contributed by atoms with Crippen LogP contribution in [0.5, 0.6) is 11.5 Å². The first-order chi connectivity index (χ1) is 16.7. The molecule has 2 heterocycles. The van der Waals surface area contributed by atoms with Gasteiger partial charge in [-0.05, 0) is 72.4 Å². The lowest BCUT2D eigenvalue weighted by atomic mass is 9.87. The van der Waals surface area contributed by atoms with Crippen LogP contribution in [0.4, 0.5) is 11.5 Å². The van der Waals surface area contributed by atoms with Gasteiger partial charge in [0.1, 0.15) is 28.6 Å². The van der Waals surface area contributed by atoms with Gasteiger partial charge in [0.15, 0.2) is 0 Å². The van der Waals surface area contributed by atoms with E-state index in [9.17, 15) is 4.79 Å². The number of ether oxygens (including phenoxy) is 1. The highest BCUT2D eigenvalue weighted by molar-refractivity contribution is 6.04. The third-order valence-electron chi connectivity index (χ3n) is 6.39. The number of fused-ring (bicyclic) bond motifs is 2. The molecule has 5 rings (SSSR count). The predicted octanol–water partition coefficient (Wildman–Crippen LogP) is 6.35. The highest BCUT2D eigenvalue weighted by atomic mass is 16.5. The van der Waals surface area contributed by atoms with Gasteiger partial charge in [-0.2, -0.15) is 5.10 Å². The number of hydrogen-bond donors (Lipinski definition) is 2. The summed E-state index contributed by atoms with van der Waals surface area (Å²) >= 11 is 0. The third-order valence-corrected chi connectivity index (χ3v) is 6.39. The first-order valence-electron chi connectivity index (χ1n) is 11.8. The molecule has 0 radical (unpaired) electrons. The molecular formula is C29H30N4O2. The number of carbonyl (C=O) groups is 1. The highest BCUT2D eigenvalue weighted by Gasteiger charge is 2.26. The summed E-state index contributed by atoms with van der Waals surface area (Å²) in [5, 5.41) is 8.17. The lowest BCUT2D eigenvalue weighted by Gasteiger charge is -2.19. The molecule has 1 aliphatic rings. The zero-order valence-corrected chi connectivity index (χ0v) is 20.6. The number of amides is 1. The summed E-state index contributed by atoms with van der Waals surface area (Å²) in [5.41, 5.74) is 12.3. The average molecular weight is 467 g/mol. The van der Waals surface area contributed by atoms with Crippen molar-refractivity contribution in [1.29, 1.82) is 0 Å². The molecule has 0 saturated carbocycles. The summed E-state index contributed by atoms with van der Waals surface area (Å²) in [4.78, 5) is 12.5. The van der Waals surface area contributed by atoms with Gasteiger partial charge >= 0.3 is 0 Å². The van der Waals surface area contributed by atoms with Crippen molar-refractivity contribution < 1.29 is 9.53 Å². The summed E-state index contributed by atoms with van der Waals surface area (Å²) in [7, 11) is 0. The van der Waals surface area contributed by atoms with Crippen molar-refractivity contribution in [3.05, 3.63) is 89.0 Å². The Balaban J connectivity index is 1.42. The van der Waals surface area contributed by atoms with E-state index < -0.39 is 5.91 Å². The van der Waals surface area contributed by atoms with Crippen molar-refractivity contribution in [2.45, 2.75) is 46.1 Å². The number of hydrogen-bond acceptors (Lipinski definition) is 4. The first-order valence-corrected chi connectivity index (χ1v) is 11.8. The molecule has 0 atom stereocenters. The Morgan fingerprint density at radius 3 is 2.29 bits per heavy atom. The summed E-state index contributed by atoms with van der Waals surface area (Å²) in [6.45, 7) is 9.29. The van der Waals surface area contributed by atoms with E-state index in [4.69, 9.17) is 15.6 Å². The molecule has 0 spiro atoms. The van der Waals surface area contributed by atoms with Crippen LogP contribution in [0.15, 0.2) is 66.7 Å². The molecule has 3 aromatic carbocycles. The number of aryl methyl sites for hydroxylation is 3. The number of anilines is 2. The van der Waals surface area contributed by atoms with Gasteiger partial charge in [0.2, 0.25) is 0 Å². The molecule has 1 aliphatic heterocycles. The molecule has 6 heteroatoms. The van der Waals surface area contributed by atoms with E-state index in [1.165, 1.54) is 16.7 Å². The van der Waals surface area contributed by atoms with Gasteiger partial charge in [-0.25, -0.2) is 4.68 Å². The molecule has 0 unspecified atom stereocenters. The molecule has 0 fully saturated rings. The lowest BCUT2D eigenvalue weighted by molar-refractivity contribution is 0.100. The standard InChI is InChI=1S/C29H30N4O2/c1-18-5-14-24-20(17-18)15-16-33-28(31-24)25(27(30)34)26(32-33)19-6-10-22(11-7-19)35-23-12-8-21(9-13-23)29(2,3)4/h5-14,17,31H,15-16H2,1-4H3,(H2,30,34). The van der Waals surface area contributed by atoms with Crippen LogP contribution in [0.25, 0.3) is 11.3 Å². The van der Waals surface area contributed by atoms with Crippen molar-refractivity contribution in [2.24, 2.45) is 5.73 Å². The molecule has 178 valence electrons. The normalized spacial score (nSPS) is 12.8. The summed E-state index contributed by atoms with van der Waals surface area (Å²) < 4.78 is 7.87. The molecule has 1 aromatic heterocycles. The van der Waals surface area contributed by atoms with E-state index in [0.29, 0.717) is 29.4 Å². The van der Waals surface area contributed by atoms with E-state index in [-0.39, 0.29) is 5.41 Å². The van der Waals surface area contributed by atoms with Crippen molar-refractivity contribution in [3.63, 3.8) is 0 Å². The number of primary amides is 1. The molecule has 6 nitrogen and oxygen atoms in total. The molecule has 3 N–H and O–H groups in total. The summed E-state index contributed by atoms with van der Waals surface area (Å²) in [6, 6.07) is 22.0. The number of nitrogens with two attached hydrogens (primary N) is 1. The summed E-state index contributed by atoms with van der Waals surface area (Å²) in [5.74, 6) is 1.61. The topological polar surface area (TPSA) is 82.2 Å². The van der Waals surface area contributed by atoms with Gasteiger partial charge in [0.25, 0.3) is 5.91 Å². The average Bonchev–Trinajstić information content (AvgIpc) is 3.08. The minimum absolute atomic E-state index is 0.0942. The fourth-order valence-corrected chi connectivity index (χ4v) is 4.43. The Kier molecular flexibility index (Phi) is 5.59. The minimum atomic E-state index is -0.511. The second-order valence-corrected chi connectivity index (χ2v) is 10.1. The molecule has 35 heavy (non-hydrogen) atoms. The second-order valence-electron chi connectivity index (χ2n) is 10.1. The number of nitrogens with one attached hydrogen (secondary N) is 1. The Labute approximate surface area is 205 Å². The van der Waals surface area contributed by atoms with E-state index in [0.717, 1.165) is 23.4 Å². The van der Waals surface area contributed by atoms with Gasteiger partial charge in [0, 0.05) is 17.8 Å². The van der Waals surface area contributed by atoms with Gasteiger partial charge in [-0.15, -0.1) is 0 Å². The molecule has 4 aromatic rings. The monoisotopic (exact) mass is 466 g/mol. The fourth-order valence-electron chi connectivity index (χ4n) is 4.43. The van der Waals surface area contributed by atoms with E-state index in [1.54, 1.807) is 0 Å². The van der Waals surface area contributed by atoms with Crippen molar-refractivity contribution >= 4 is 17.4 Å². The number of benzene rings is 3. The first kappa shape index (κ1) is 22.7. The Morgan fingerprint density at radius 2 is 1.66 bits per heavy atom. The molecule has 0 aliphatic carbocycles. The van der Waals surface area contributed by atoms with Crippen LogP contribution in [0.1, 0.15) is 47.8 Å². The third kappa shape index (κ3) is 4.52. The SMILES string of the molecule is Cc1ccc2c(c1)CCn1nc(-c3ccc(Oc4ccc(C(C)(C)C)cc4)cc3)c(C(N)=O)c1N2. The van der Waals surface area contributed by atoms with Crippen molar-refractivity contribution in [2.75, 3.05) is 5.32 Å². The van der Waals surface area contributed by atoms with Gasteiger partial charge < -0.3 is 15.8 Å². The maximum absolute atomic E-state index is 12.5. The number of nitrogens with zero attached hydrogens (tertiary/aromatic N) is 2. The fraction of sp³-hybridized carbons (Fsp3) is 0.241. The maximum Gasteiger partial charge on any atom is 0.254 e. The second kappa shape index (κ2) is 8.62. The predicted molar refractivity (Wildman–Crippen MR) is 140 cm³/mol. The van der Waals surface area contributed by atoms with E-state index in [1.807, 2.05) is 47.1 Å². The van der Waals surface area contributed by atoms with Crippen LogP contribution in [0, 0.1) is 6.92 Å². The van der Waals surface area contributed by atoms with E-state index in [2.05, 4.69) is 57.3 Å².